The largest absolute Gasteiger partial charge is 0.364 e. The Kier molecular flexibility index (Phi) is 6.04. The van der Waals surface area contributed by atoms with Gasteiger partial charge in [0, 0.05) is 19.0 Å². The van der Waals surface area contributed by atoms with E-state index in [1.54, 1.807) is 16.4 Å². The number of hydrogen-bond donors (Lipinski definition) is 0. The SMILES string of the molecule is Cc1ccc(S(=O)(=O)N2C[C@H](c3ccccc3)O[C@H](c3ccccc3)[C@@H](C)C2)cc1. The molecule has 156 valence electrons. The van der Waals surface area contributed by atoms with Crippen molar-refractivity contribution in [2.45, 2.75) is 31.0 Å². The number of ether oxygens (including phenoxy) is 1. The molecule has 0 aromatic heterocycles. The van der Waals surface area contributed by atoms with Crippen molar-refractivity contribution in [3.63, 3.8) is 0 Å². The molecule has 30 heavy (non-hydrogen) atoms. The standard InChI is InChI=1S/C25H27NO3S/c1-19-13-15-23(16-14-19)30(27,28)26-17-20(2)25(22-11-7-4-8-12-22)29-24(18-26)21-9-5-3-6-10-21/h3-16,20,24-25H,17-18H2,1-2H3/t20-,24+,25-/m0/s1. The first-order valence-corrected chi connectivity index (χ1v) is 11.7. The van der Waals surface area contributed by atoms with Crippen LogP contribution >= 0.6 is 0 Å². The fourth-order valence-corrected chi connectivity index (χ4v) is 5.53. The van der Waals surface area contributed by atoms with Crippen LogP contribution in [0.2, 0.25) is 0 Å². The van der Waals surface area contributed by atoms with Gasteiger partial charge >= 0.3 is 0 Å². The molecule has 0 radical (unpaired) electrons. The van der Waals surface area contributed by atoms with Gasteiger partial charge in [0.25, 0.3) is 0 Å². The topological polar surface area (TPSA) is 46.6 Å². The van der Waals surface area contributed by atoms with Gasteiger partial charge in [-0.25, -0.2) is 8.42 Å². The molecule has 1 aliphatic heterocycles. The van der Waals surface area contributed by atoms with Gasteiger partial charge in [-0.15, -0.1) is 0 Å². The summed E-state index contributed by atoms with van der Waals surface area (Å²) in [6.45, 7) is 4.70. The van der Waals surface area contributed by atoms with Crippen molar-refractivity contribution < 1.29 is 13.2 Å². The van der Waals surface area contributed by atoms with E-state index in [-0.39, 0.29) is 24.7 Å². The van der Waals surface area contributed by atoms with Gasteiger partial charge in [0.1, 0.15) is 0 Å². The van der Waals surface area contributed by atoms with Crippen LogP contribution in [0.4, 0.5) is 0 Å². The van der Waals surface area contributed by atoms with E-state index >= 15 is 0 Å². The third kappa shape index (κ3) is 4.33. The molecule has 3 aromatic rings. The van der Waals surface area contributed by atoms with Crippen molar-refractivity contribution in [2.75, 3.05) is 13.1 Å². The van der Waals surface area contributed by atoms with Crippen LogP contribution in [0.5, 0.6) is 0 Å². The van der Waals surface area contributed by atoms with Gasteiger partial charge in [-0.3, -0.25) is 0 Å². The van der Waals surface area contributed by atoms with Crippen molar-refractivity contribution in [3.8, 4) is 0 Å². The van der Waals surface area contributed by atoms with Crippen LogP contribution in [-0.4, -0.2) is 25.8 Å². The number of benzene rings is 3. The Labute approximate surface area is 179 Å². The lowest BCUT2D eigenvalue weighted by Gasteiger charge is -2.25. The minimum Gasteiger partial charge on any atom is -0.364 e. The molecule has 1 fully saturated rings. The predicted molar refractivity (Wildman–Crippen MR) is 119 cm³/mol. The van der Waals surface area contributed by atoms with E-state index in [1.165, 1.54) is 0 Å². The van der Waals surface area contributed by atoms with Crippen LogP contribution in [0.1, 0.15) is 35.8 Å². The molecule has 0 N–H and O–H groups in total. The predicted octanol–water partition coefficient (Wildman–Crippen LogP) is 5.13. The second-order valence-corrected chi connectivity index (χ2v) is 9.92. The highest BCUT2D eigenvalue weighted by Gasteiger charge is 2.37. The van der Waals surface area contributed by atoms with E-state index in [0.717, 1.165) is 16.7 Å². The van der Waals surface area contributed by atoms with Crippen molar-refractivity contribution >= 4 is 10.0 Å². The second kappa shape index (κ2) is 8.72. The summed E-state index contributed by atoms with van der Waals surface area (Å²) < 4.78 is 35.1. The lowest BCUT2D eigenvalue weighted by Crippen LogP contribution is -2.36. The molecule has 5 heteroatoms. The zero-order valence-electron chi connectivity index (χ0n) is 17.3. The first-order valence-electron chi connectivity index (χ1n) is 10.3. The van der Waals surface area contributed by atoms with Gasteiger partial charge in [-0.1, -0.05) is 85.3 Å². The molecule has 3 atom stereocenters. The Morgan fingerprint density at radius 2 is 1.37 bits per heavy atom. The summed E-state index contributed by atoms with van der Waals surface area (Å²) in [6, 6.07) is 27.0. The highest BCUT2D eigenvalue weighted by Crippen LogP contribution is 2.38. The van der Waals surface area contributed by atoms with Crippen LogP contribution in [0.3, 0.4) is 0 Å². The van der Waals surface area contributed by atoms with Gasteiger partial charge in [0.05, 0.1) is 17.1 Å². The summed E-state index contributed by atoms with van der Waals surface area (Å²) in [5, 5.41) is 0. The Balaban J connectivity index is 1.73. The summed E-state index contributed by atoms with van der Waals surface area (Å²) in [7, 11) is -3.63. The molecule has 4 nitrogen and oxygen atoms in total. The first-order chi connectivity index (χ1) is 14.4. The maximum atomic E-state index is 13.5. The Hall–Kier alpha value is -2.47. The van der Waals surface area contributed by atoms with Crippen LogP contribution in [0.25, 0.3) is 0 Å². The Morgan fingerprint density at radius 3 is 1.97 bits per heavy atom. The van der Waals surface area contributed by atoms with Gasteiger partial charge in [0.15, 0.2) is 0 Å². The number of sulfonamides is 1. The number of hydrogen-bond acceptors (Lipinski definition) is 3. The van der Waals surface area contributed by atoms with E-state index < -0.39 is 10.0 Å². The van der Waals surface area contributed by atoms with Crippen LogP contribution in [0, 0.1) is 12.8 Å². The van der Waals surface area contributed by atoms with Crippen LogP contribution in [-0.2, 0) is 14.8 Å². The molecule has 3 aromatic carbocycles. The van der Waals surface area contributed by atoms with Gasteiger partial charge in [-0.2, -0.15) is 4.31 Å². The minimum atomic E-state index is -3.63. The van der Waals surface area contributed by atoms with Crippen molar-refractivity contribution in [2.24, 2.45) is 5.92 Å². The quantitative estimate of drug-likeness (QED) is 0.586. The monoisotopic (exact) mass is 421 g/mol. The molecular weight excluding hydrogens is 394 g/mol. The molecule has 0 aliphatic carbocycles. The maximum absolute atomic E-state index is 13.5. The molecule has 0 saturated carbocycles. The van der Waals surface area contributed by atoms with Gasteiger partial charge in [-0.05, 0) is 30.2 Å². The van der Waals surface area contributed by atoms with E-state index in [4.69, 9.17) is 4.74 Å². The third-order valence-electron chi connectivity index (χ3n) is 5.65. The summed E-state index contributed by atoms with van der Waals surface area (Å²) in [5.74, 6) is 0.00124. The highest BCUT2D eigenvalue weighted by atomic mass is 32.2. The summed E-state index contributed by atoms with van der Waals surface area (Å²) in [5.41, 5.74) is 3.09. The average molecular weight is 422 g/mol. The second-order valence-electron chi connectivity index (χ2n) is 7.98. The number of rotatable bonds is 4. The summed E-state index contributed by atoms with van der Waals surface area (Å²) in [4.78, 5) is 0.324. The molecule has 1 heterocycles. The number of nitrogens with zero attached hydrogens (tertiary/aromatic N) is 1. The molecule has 4 rings (SSSR count). The molecule has 0 amide bonds. The fraction of sp³-hybridized carbons (Fsp3) is 0.280. The highest BCUT2D eigenvalue weighted by molar-refractivity contribution is 7.89. The smallest absolute Gasteiger partial charge is 0.243 e. The molecular formula is C25H27NO3S. The fourth-order valence-electron chi connectivity index (χ4n) is 3.99. The normalized spacial score (nSPS) is 23.1. The number of aryl methyl sites for hydroxylation is 1. The zero-order chi connectivity index (χ0) is 21.1. The van der Waals surface area contributed by atoms with E-state index in [2.05, 4.69) is 6.92 Å². The van der Waals surface area contributed by atoms with E-state index in [9.17, 15) is 8.42 Å². The zero-order valence-corrected chi connectivity index (χ0v) is 18.1. The van der Waals surface area contributed by atoms with Crippen LogP contribution in [0.15, 0.2) is 89.8 Å². The van der Waals surface area contributed by atoms with Crippen molar-refractivity contribution in [1.82, 2.24) is 4.31 Å². The molecule has 0 bridgehead atoms. The van der Waals surface area contributed by atoms with Crippen molar-refractivity contribution in [3.05, 3.63) is 102 Å². The third-order valence-corrected chi connectivity index (χ3v) is 7.49. The first kappa shape index (κ1) is 20.8. The van der Waals surface area contributed by atoms with E-state index in [1.807, 2.05) is 79.7 Å². The molecule has 0 spiro atoms. The lowest BCUT2D eigenvalue weighted by molar-refractivity contribution is -0.0257. The van der Waals surface area contributed by atoms with E-state index in [0.29, 0.717) is 11.4 Å². The van der Waals surface area contributed by atoms with Gasteiger partial charge < -0.3 is 4.74 Å². The maximum Gasteiger partial charge on any atom is 0.243 e. The molecule has 0 unspecified atom stereocenters. The Morgan fingerprint density at radius 1 is 0.800 bits per heavy atom. The van der Waals surface area contributed by atoms with Crippen molar-refractivity contribution in [1.29, 1.82) is 0 Å². The van der Waals surface area contributed by atoms with Crippen LogP contribution < -0.4 is 0 Å². The summed E-state index contributed by atoms with van der Waals surface area (Å²) >= 11 is 0. The lowest BCUT2D eigenvalue weighted by atomic mass is 9.97. The molecule has 1 aliphatic rings. The average Bonchev–Trinajstić information content (AvgIpc) is 2.95. The van der Waals surface area contributed by atoms with Gasteiger partial charge in [0.2, 0.25) is 10.0 Å². The minimum absolute atomic E-state index is 0.00124. The Bertz CT molecular complexity index is 1070. The summed E-state index contributed by atoms with van der Waals surface area (Å²) in [6.07, 6.45) is -0.531. The molecule has 1 saturated heterocycles.